The normalized spacial score (nSPS) is 12.2. The molecule has 0 atom stereocenters. The van der Waals surface area contributed by atoms with E-state index in [2.05, 4.69) is 25.3 Å². The Bertz CT molecular complexity index is 2050. The Kier molecular flexibility index (Phi) is 3.09. The van der Waals surface area contributed by atoms with Gasteiger partial charge < -0.3 is 0 Å². The highest BCUT2D eigenvalue weighted by atomic mass is 16.1. The molecule has 2 nitrogen and oxygen atoms in total. The van der Waals surface area contributed by atoms with E-state index in [-0.39, 0.29) is 10.9 Å². The summed E-state index contributed by atoms with van der Waals surface area (Å²) in [6, 6.07) is 20.0. The van der Waals surface area contributed by atoms with Crippen LogP contribution in [0, 0.1) is 0 Å². The van der Waals surface area contributed by atoms with Crippen LogP contribution in [0.25, 0.3) is 76.8 Å². The fraction of sp³-hybridized carbons (Fsp3) is 0. The van der Waals surface area contributed by atoms with Gasteiger partial charge >= 0.3 is 0 Å². The van der Waals surface area contributed by atoms with E-state index in [9.17, 15) is 9.59 Å². The second-order valence-electron chi connectivity index (χ2n) is 8.46. The van der Waals surface area contributed by atoms with Crippen LogP contribution in [0.4, 0.5) is 0 Å². The van der Waals surface area contributed by atoms with Gasteiger partial charge in [-0.1, -0.05) is 61.7 Å². The molecule has 0 aliphatic rings. The third-order valence-electron chi connectivity index (χ3n) is 7.05. The summed E-state index contributed by atoms with van der Waals surface area (Å²) >= 11 is 0. The largest absolute Gasteiger partial charge is 0.289 e. The molecule has 0 bridgehead atoms. The Labute approximate surface area is 182 Å². The maximum absolute atomic E-state index is 13.4. The molecule has 148 valence electrons. The molecule has 0 amide bonds. The summed E-state index contributed by atoms with van der Waals surface area (Å²) in [7, 11) is 0. The van der Waals surface area contributed by atoms with Gasteiger partial charge in [0.1, 0.15) is 0 Å². The van der Waals surface area contributed by atoms with Crippen molar-refractivity contribution in [3.05, 3.63) is 105 Å². The number of fused-ring (bicyclic) bond motifs is 2. The monoisotopic (exact) mass is 408 g/mol. The van der Waals surface area contributed by atoms with E-state index in [4.69, 9.17) is 0 Å². The molecule has 0 saturated heterocycles. The second kappa shape index (κ2) is 5.68. The van der Waals surface area contributed by atoms with E-state index >= 15 is 0 Å². The molecule has 0 spiro atoms. The predicted octanol–water partition coefficient (Wildman–Crippen LogP) is 6.93. The van der Waals surface area contributed by atoms with Gasteiger partial charge in [0.15, 0.2) is 10.9 Å². The number of hydrogen-bond donors (Lipinski definition) is 0. The van der Waals surface area contributed by atoms with Crippen molar-refractivity contribution in [2.45, 2.75) is 0 Å². The molecule has 32 heavy (non-hydrogen) atoms. The van der Waals surface area contributed by atoms with E-state index in [1.807, 2.05) is 48.5 Å². The van der Waals surface area contributed by atoms with Crippen molar-refractivity contribution >= 4 is 76.8 Å². The topological polar surface area (TPSA) is 34.1 Å². The minimum Gasteiger partial charge on any atom is -0.289 e. The first-order chi connectivity index (χ1) is 15.6. The van der Waals surface area contributed by atoms with Crippen molar-refractivity contribution in [2.24, 2.45) is 0 Å². The minimum absolute atomic E-state index is 0.0331. The summed E-state index contributed by atoms with van der Waals surface area (Å²) in [4.78, 5) is 26.7. The molecule has 0 heterocycles. The SMILES string of the molecule is C=Cc1c(C=C)c2cc3ccc4c(=O)c5ccccc5c5cc6ccc(c1=O)c2c6c3c45. The minimum atomic E-state index is -0.0331. The lowest BCUT2D eigenvalue weighted by molar-refractivity contribution is 1.62. The van der Waals surface area contributed by atoms with Crippen LogP contribution in [-0.2, 0) is 0 Å². The van der Waals surface area contributed by atoms with Gasteiger partial charge in [0.05, 0.1) is 0 Å². The molecule has 7 aromatic carbocycles. The Morgan fingerprint density at radius 2 is 1.06 bits per heavy atom. The fourth-order valence-electron chi connectivity index (χ4n) is 5.73. The lowest BCUT2D eigenvalue weighted by Crippen LogP contribution is -2.09. The van der Waals surface area contributed by atoms with Gasteiger partial charge in [-0.2, -0.15) is 0 Å². The van der Waals surface area contributed by atoms with Crippen LogP contribution >= 0.6 is 0 Å². The van der Waals surface area contributed by atoms with Crippen molar-refractivity contribution in [3.63, 3.8) is 0 Å². The number of benzene rings is 7. The first-order valence-electron chi connectivity index (χ1n) is 10.6. The molecule has 0 saturated carbocycles. The molecule has 0 aliphatic heterocycles. The highest BCUT2D eigenvalue weighted by Gasteiger charge is 2.21. The van der Waals surface area contributed by atoms with E-state index in [0.717, 1.165) is 64.8 Å². The molecular formula is C30H16O2. The molecular weight excluding hydrogens is 392 g/mol. The maximum atomic E-state index is 13.4. The zero-order chi connectivity index (χ0) is 21.7. The van der Waals surface area contributed by atoms with Crippen LogP contribution in [-0.4, -0.2) is 0 Å². The van der Waals surface area contributed by atoms with Crippen molar-refractivity contribution < 1.29 is 0 Å². The molecule has 0 aliphatic carbocycles. The van der Waals surface area contributed by atoms with Crippen LogP contribution in [0.15, 0.2) is 83.4 Å². The third kappa shape index (κ3) is 1.82. The van der Waals surface area contributed by atoms with E-state index in [1.54, 1.807) is 12.2 Å². The summed E-state index contributed by atoms with van der Waals surface area (Å²) in [6.45, 7) is 7.85. The van der Waals surface area contributed by atoms with Crippen molar-refractivity contribution in [1.82, 2.24) is 0 Å². The molecule has 7 rings (SSSR count). The number of rotatable bonds is 2. The lowest BCUT2D eigenvalue weighted by atomic mass is 9.83. The van der Waals surface area contributed by atoms with E-state index in [0.29, 0.717) is 10.9 Å². The summed E-state index contributed by atoms with van der Waals surface area (Å²) in [5.74, 6) is 0. The van der Waals surface area contributed by atoms with Gasteiger partial charge in [0.25, 0.3) is 0 Å². The molecule has 0 N–H and O–H groups in total. The second-order valence-corrected chi connectivity index (χ2v) is 8.46. The first-order valence-corrected chi connectivity index (χ1v) is 10.6. The molecule has 7 aromatic rings. The van der Waals surface area contributed by atoms with Gasteiger partial charge in [-0.05, 0) is 67.5 Å². The van der Waals surface area contributed by atoms with Crippen LogP contribution in [0.2, 0.25) is 0 Å². The molecule has 0 unspecified atom stereocenters. The predicted molar refractivity (Wildman–Crippen MR) is 138 cm³/mol. The van der Waals surface area contributed by atoms with Crippen LogP contribution in [0.1, 0.15) is 11.1 Å². The average molecular weight is 408 g/mol. The van der Waals surface area contributed by atoms with Gasteiger partial charge in [0.2, 0.25) is 0 Å². The summed E-state index contributed by atoms with van der Waals surface area (Å²) in [6.07, 6.45) is 3.37. The molecule has 2 heteroatoms. The third-order valence-corrected chi connectivity index (χ3v) is 7.05. The smallest absolute Gasteiger partial charge is 0.194 e. The highest BCUT2D eigenvalue weighted by molar-refractivity contribution is 6.39. The van der Waals surface area contributed by atoms with Gasteiger partial charge in [-0.25, -0.2) is 0 Å². The standard InChI is InChI=1S/C30H16O2/c1-3-17-18(4-2)29(31)21-11-9-16-14-24-19-7-5-6-8-20(19)30(32)22-12-10-15-13-23(17)27(21)25(16)26(15)28(22)24/h3-14H,1-2H2. The highest BCUT2D eigenvalue weighted by Crippen LogP contribution is 2.44. The van der Waals surface area contributed by atoms with Crippen LogP contribution in [0.3, 0.4) is 0 Å². The maximum Gasteiger partial charge on any atom is 0.194 e. The number of hydrogen-bond acceptors (Lipinski definition) is 2. The Balaban J connectivity index is 1.92. The summed E-state index contributed by atoms with van der Waals surface area (Å²) in [5, 5.41) is 11.3. The van der Waals surface area contributed by atoms with Crippen molar-refractivity contribution in [1.29, 1.82) is 0 Å². The molecule has 0 radical (unpaired) electrons. The average Bonchev–Trinajstić information content (AvgIpc) is 2.83. The lowest BCUT2D eigenvalue weighted by Gasteiger charge is -2.19. The van der Waals surface area contributed by atoms with E-state index in [1.165, 1.54) is 0 Å². The van der Waals surface area contributed by atoms with Gasteiger partial charge in [0, 0.05) is 32.5 Å². The van der Waals surface area contributed by atoms with E-state index < -0.39 is 0 Å². The molecule has 0 aromatic heterocycles. The van der Waals surface area contributed by atoms with Crippen LogP contribution in [0.5, 0.6) is 0 Å². The van der Waals surface area contributed by atoms with Crippen molar-refractivity contribution in [2.75, 3.05) is 0 Å². The Morgan fingerprint density at radius 3 is 1.72 bits per heavy atom. The Morgan fingerprint density at radius 1 is 0.500 bits per heavy atom. The summed E-state index contributed by atoms with van der Waals surface area (Å²) in [5.41, 5.74) is 1.41. The molecule has 0 fully saturated rings. The summed E-state index contributed by atoms with van der Waals surface area (Å²) < 4.78 is 0. The fourth-order valence-corrected chi connectivity index (χ4v) is 5.73. The van der Waals surface area contributed by atoms with Crippen molar-refractivity contribution in [3.8, 4) is 0 Å². The Hall–Kier alpha value is -4.30. The zero-order valence-electron chi connectivity index (χ0n) is 17.2. The van der Waals surface area contributed by atoms with Gasteiger partial charge in [-0.15, -0.1) is 0 Å². The first kappa shape index (κ1) is 17.4. The van der Waals surface area contributed by atoms with Gasteiger partial charge in [-0.3, -0.25) is 9.59 Å². The quantitative estimate of drug-likeness (QED) is 0.230. The zero-order valence-corrected chi connectivity index (χ0v) is 17.2. The van der Waals surface area contributed by atoms with Crippen LogP contribution < -0.4 is 10.9 Å².